The molecule has 0 spiro atoms. The number of fused-ring (bicyclic) bond motifs is 1. The van der Waals surface area contributed by atoms with Crippen LogP contribution < -0.4 is 5.32 Å². The highest BCUT2D eigenvalue weighted by Crippen LogP contribution is 2.33. The average molecular weight is 293 g/mol. The molecule has 2 aromatic carbocycles. The molecule has 0 fully saturated rings. The number of hydrogen-bond acceptors (Lipinski definition) is 2. The summed E-state index contributed by atoms with van der Waals surface area (Å²) in [5, 5.41) is 11.7. The number of aryl methyl sites for hydroxylation is 1. The molecule has 1 amide bonds. The van der Waals surface area contributed by atoms with Crippen LogP contribution in [0.3, 0.4) is 0 Å². The van der Waals surface area contributed by atoms with Gasteiger partial charge in [-0.2, -0.15) is 0 Å². The minimum absolute atomic E-state index is 0.0724. The summed E-state index contributed by atoms with van der Waals surface area (Å²) < 4.78 is 0. The fraction of sp³-hybridized carbons (Fsp3) is 0.111. The van der Waals surface area contributed by atoms with Gasteiger partial charge in [0.1, 0.15) is 0 Å². The van der Waals surface area contributed by atoms with Gasteiger partial charge in [-0.25, -0.2) is 0 Å². The van der Waals surface area contributed by atoms with Crippen molar-refractivity contribution in [1.82, 2.24) is 0 Å². The van der Waals surface area contributed by atoms with Crippen molar-refractivity contribution in [2.45, 2.75) is 12.8 Å². The number of hydrogen-bond donors (Lipinski definition) is 2. The Morgan fingerprint density at radius 1 is 1.09 bits per heavy atom. The quantitative estimate of drug-likeness (QED) is 0.851. The predicted octanol–water partition coefficient (Wildman–Crippen LogP) is 3.20. The van der Waals surface area contributed by atoms with Gasteiger partial charge in [0.15, 0.2) is 0 Å². The van der Waals surface area contributed by atoms with Gasteiger partial charge in [-0.15, -0.1) is 0 Å². The smallest absolute Gasteiger partial charge is 0.303 e. The van der Waals surface area contributed by atoms with Gasteiger partial charge >= 0.3 is 5.97 Å². The second-order valence-corrected chi connectivity index (χ2v) is 5.15. The van der Waals surface area contributed by atoms with E-state index >= 15 is 0 Å². The fourth-order valence-corrected chi connectivity index (χ4v) is 2.58. The number of amides is 1. The largest absolute Gasteiger partial charge is 0.481 e. The lowest BCUT2D eigenvalue weighted by molar-refractivity contribution is -0.137. The molecule has 1 aliphatic rings. The third kappa shape index (κ3) is 2.76. The van der Waals surface area contributed by atoms with Crippen molar-refractivity contribution in [1.29, 1.82) is 0 Å². The summed E-state index contributed by atoms with van der Waals surface area (Å²) in [7, 11) is 0. The van der Waals surface area contributed by atoms with Crippen LogP contribution in [0.4, 0.5) is 5.69 Å². The first-order chi connectivity index (χ1) is 10.6. The summed E-state index contributed by atoms with van der Waals surface area (Å²) in [4.78, 5) is 22.9. The first-order valence-electron chi connectivity index (χ1n) is 7.07. The number of anilines is 1. The van der Waals surface area contributed by atoms with Gasteiger partial charge in [-0.05, 0) is 29.7 Å². The number of nitrogens with one attached hydrogen (secondary N) is 1. The number of rotatable bonds is 4. The van der Waals surface area contributed by atoms with E-state index < -0.39 is 5.97 Å². The van der Waals surface area contributed by atoms with E-state index in [0.717, 1.165) is 22.4 Å². The van der Waals surface area contributed by atoms with E-state index in [1.54, 1.807) is 0 Å². The molecule has 0 aromatic heterocycles. The molecule has 0 bridgehead atoms. The topological polar surface area (TPSA) is 66.4 Å². The van der Waals surface area contributed by atoms with Crippen molar-refractivity contribution in [3.63, 3.8) is 0 Å². The van der Waals surface area contributed by atoms with E-state index in [-0.39, 0.29) is 12.3 Å². The number of carbonyl (C=O) groups excluding carboxylic acids is 1. The maximum atomic E-state index is 12.1. The Balaban J connectivity index is 1.99. The van der Waals surface area contributed by atoms with Crippen LogP contribution in [-0.4, -0.2) is 17.0 Å². The van der Waals surface area contributed by atoms with Gasteiger partial charge in [-0.3, -0.25) is 9.59 Å². The van der Waals surface area contributed by atoms with E-state index in [4.69, 9.17) is 5.11 Å². The Morgan fingerprint density at radius 2 is 1.82 bits per heavy atom. The minimum Gasteiger partial charge on any atom is -0.481 e. The van der Waals surface area contributed by atoms with Crippen LogP contribution in [-0.2, 0) is 16.0 Å². The van der Waals surface area contributed by atoms with E-state index in [0.29, 0.717) is 12.0 Å². The fourth-order valence-electron chi connectivity index (χ4n) is 2.58. The molecular weight excluding hydrogens is 278 g/mol. The summed E-state index contributed by atoms with van der Waals surface area (Å²) in [6.45, 7) is 0. The number of carboxylic acid groups (broad SMARTS) is 1. The third-order valence-electron chi connectivity index (χ3n) is 3.67. The van der Waals surface area contributed by atoms with Crippen LogP contribution in [0, 0.1) is 0 Å². The predicted molar refractivity (Wildman–Crippen MR) is 85.3 cm³/mol. The minimum atomic E-state index is -0.827. The number of para-hydroxylation sites is 1. The summed E-state index contributed by atoms with van der Waals surface area (Å²) in [6.07, 6.45) is 2.35. The van der Waals surface area contributed by atoms with Crippen LogP contribution >= 0.6 is 0 Å². The molecule has 2 N–H and O–H groups in total. The van der Waals surface area contributed by atoms with Crippen molar-refractivity contribution in [2.75, 3.05) is 5.32 Å². The summed E-state index contributed by atoms with van der Waals surface area (Å²) in [6, 6.07) is 15.1. The van der Waals surface area contributed by atoms with Crippen LogP contribution in [0.25, 0.3) is 11.6 Å². The molecule has 3 rings (SSSR count). The molecule has 4 heteroatoms. The number of carbonyl (C=O) groups is 2. The van der Waals surface area contributed by atoms with E-state index in [1.807, 2.05) is 54.6 Å². The number of aliphatic carboxylic acids is 1. The van der Waals surface area contributed by atoms with Crippen LogP contribution in [0.2, 0.25) is 0 Å². The van der Waals surface area contributed by atoms with Crippen molar-refractivity contribution in [3.8, 4) is 0 Å². The molecule has 22 heavy (non-hydrogen) atoms. The zero-order valence-electron chi connectivity index (χ0n) is 11.9. The molecule has 0 aliphatic carbocycles. The Hall–Kier alpha value is -2.88. The maximum absolute atomic E-state index is 12.1. The highest BCUT2D eigenvalue weighted by molar-refractivity contribution is 6.34. The van der Waals surface area contributed by atoms with Crippen LogP contribution in [0.5, 0.6) is 0 Å². The lowest BCUT2D eigenvalue weighted by atomic mass is 9.98. The van der Waals surface area contributed by atoms with E-state index in [9.17, 15) is 9.59 Å². The molecule has 0 radical (unpaired) electrons. The van der Waals surface area contributed by atoms with E-state index in [2.05, 4.69) is 5.32 Å². The van der Waals surface area contributed by atoms with Crippen molar-refractivity contribution >= 4 is 29.2 Å². The second kappa shape index (κ2) is 5.85. The summed E-state index contributed by atoms with van der Waals surface area (Å²) in [5.41, 5.74) is 4.10. The molecule has 4 nitrogen and oxygen atoms in total. The SMILES string of the molecule is O=C(O)CCc1ccccc1/C=C1\C(=O)Nc2ccccc21. The first-order valence-corrected chi connectivity index (χ1v) is 7.07. The molecular formula is C18H15NO3. The Labute approximate surface area is 128 Å². The summed E-state index contributed by atoms with van der Waals surface area (Å²) >= 11 is 0. The van der Waals surface area contributed by atoms with Gasteiger partial charge in [-0.1, -0.05) is 42.5 Å². The molecule has 1 heterocycles. The van der Waals surface area contributed by atoms with Crippen LogP contribution in [0.1, 0.15) is 23.1 Å². The highest BCUT2D eigenvalue weighted by atomic mass is 16.4. The van der Waals surface area contributed by atoms with Gasteiger partial charge in [0.25, 0.3) is 5.91 Å². The molecule has 1 aliphatic heterocycles. The van der Waals surface area contributed by atoms with Gasteiger partial charge < -0.3 is 10.4 Å². The van der Waals surface area contributed by atoms with E-state index in [1.165, 1.54) is 0 Å². The zero-order valence-corrected chi connectivity index (χ0v) is 11.9. The van der Waals surface area contributed by atoms with Crippen LogP contribution in [0.15, 0.2) is 48.5 Å². The molecule has 0 saturated carbocycles. The number of carboxylic acids is 1. The molecule has 2 aromatic rings. The third-order valence-corrected chi connectivity index (χ3v) is 3.67. The molecule has 0 saturated heterocycles. The lowest BCUT2D eigenvalue weighted by Crippen LogP contribution is -2.04. The molecule has 110 valence electrons. The van der Waals surface area contributed by atoms with Gasteiger partial charge in [0.2, 0.25) is 0 Å². The standard InChI is InChI=1S/C18H15NO3/c20-17(21)10-9-12-5-1-2-6-13(12)11-15-14-7-3-4-8-16(14)19-18(15)22/h1-8,11H,9-10H2,(H,19,22)(H,20,21)/b15-11-. The normalized spacial score (nSPS) is 14.7. The maximum Gasteiger partial charge on any atom is 0.303 e. The van der Waals surface area contributed by atoms with Crippen molar-refractivity contribution < 1.29 is 14.7 Å². The monoisotopic (exact) mass is 293 g/mol. The van der Waals surface area contributed by atoms with Crippen molar-refractivity contribution in [3.05, 3.63) is 65.2 Å². The van der Waals surface area contributed by atoms with Gasteiger partial charge in [0.05, 0.1) is 0 Å². The second-order valence-electron chi connectivity index (χ2n) is 5.15. The lowest BCUT2D eigenvalue weighted by Gasteiger charge is -2.05. The van der Waals surface area contributed by atoms with Gasteiger partial charge in [0, 0.05) is 23.2 Å². The average Bonchev–Trinajstić information content (AvgIpc) is 2.82. The first kappa shape index (κ1) is 14.1. The Kier molecular flexibility index (Phi) is 3.74. The Morgan fingerprint density at radius 3 is 2.64 bits per heavy atom. The Bertz CT molecular complexity index is 777. The van der Waals surface area contributed by atoms with Crippen molar-refractivity contribution in [2.24, 2.45) is 0 Å². The molecule has 0 unspecified atom stereocenters. The number of benzene rings is 2. The zero-order chi connectivity index (χ0) is 15.5. The summed E-state index contributed by atoms with van der Waals surface area (Å²) in [5.74, 6) is -0.958. The molecule has 0 atom stereocenters. The highest BCUT2D eigenvalue weighted by Gasteiger charge is 2.23.